The van der Waals surface area contributed by atoms with Crippen molar-refractivity contribution in [3.8, 4) is 5.75 Å². The number of carbonyl (C=O) groups is 1. The first-order valence-electron chi connectivity index (χ1n) is 6.93. The number of rotatable bonds is 4. The lowest BCUT2D eigenvalue weighted by Crippen LogP contribution is -2.17. The molecule has 1 aliphatic rings. The fourth-order valence-electron chi connectivity index (χ4n) is 2.49. The van der Waals surface area contributed by atoms with E-state index in [1.54, 1.807) is 0 Å². The first-order chi connectivity index (χ1) is 9.65. The highest BCUT2D eigenvalue weighted by Gasteiger charge is 2.30. The van der Waals surface area contributed by atoms with Crippen LogP contribution in [-0.4, -0.2) is 22.2 Å². The molecule has 0 N–H and O–H groups in total. The Morgan fingerprint density at radius 3 is 2.95 bits per heavy atom. The van der Waals surface area contributed by atoms with E-state index >= 15 is 0 Å². The van der Waals surface area contributed by atoms with Crippen molar-refractivity contribution in [1.29, 1.82) is 0 Å². The molecule has 0 saturated carbocycles. The Morgan fingerprint density at radius 2 is 2.20 bits per heavy atom. The van der Waals surface area contributed by atoms with E-state index in [2.05, 4.69) is 18.9 Å². The van der Waals surface area contributed by atoms with Crippen molar-refractivity contribution < 1.29 is 9.53 Å². The summed E-state index contributed by atoms with van der Waals surface area (Å²) in [6, 6.07) is 9.99. The first kappa shape index (κ1) is 12.9. The molecule has 1 atom stereocenters. The van der Waals surface area contributed by atoms with Crippen molar-refractivity contribution in [3.63, 3.8) is 0 Å². The van der Waals surface area contributed by atoms with Gasteiger partial charge in [-0.3, -0.25) is 9.48 Å². The van der Waals surface area contributed by atoms with E-state index in [9.17, 15) is 4.79 Å². The summed E-state index contributed by atoms with van der Waals surface area (Å²) in [5.74, 6) is 0.845. The molecule has 1 aromatic heterocycles. The Labute approximate surface area is 118 Å². The summed E-state index contributed by atoms with van der Waals surface area (Å²) in [6.45, 7) is 4.59. The van der Waals surface area contributed by atoms with Gasteiger partial charge in [0, 0.05) is 17.8 Å². The maximum absolute atomic E-state index is 12.4. The SMILES string of the molecule is CC(C)n1ccc(CC(=O)C2COc3ccccc32)n1. The van der Waals surface area contributed by atoms with Gasteiger partial charge < -0.3 is 4.74 Å². The Hall–Kier alpha value is -2.10. The quantitative estimate of drug-likeness (QED) is 0.858. The van der Waals surface area contributed by atoms with Crippen LogP contribution in [0.2, 0.25) is 0 Å². The highest BCUT2D eigenvalue weighted by atomic mass is 16.5. The minimum absolute atomic E-state index is 0.157. The molecule has 1 unspecified atom stereocenters. The Morgan fingerprint density at radius 1 is 1.40 bits per heavy atom. The molecule has 0 radical (unpaired) electrons. The molecule has 1 aromatic carbocycles. The van der Waals surface area contributed by atoms with Crippen LogP contribution in [-0.2, 0) is 11.2 Å². The average molecular weight is 270 g/mol. The highest BCUT2D eigenvalue weighted by molar-refractivity contribution is 5.88. The molecule has 104 valence electrons. The van der Waals surface area contributed by atoms with Crippen molar-refractivity contribution in [2.75, 3.05) is 6.61 Å². The standard InChI is InChI=1S/C16H18N2O2/c1-11(2)18-8-7-12(17-18)9-15(19)14-10-20-16-6-4-3-5-13(14)16/h3-8,11,14H,9-10H2,1-2H3. The van der Waals surface area contributed by atoms with Crippen LogP contribution in [0.5, 0.6) is 5.75 Å². The molecule has 0 fully saturated rings. The largest absolute Gasteiger partial charge is 0.492 e. The van der Waals surface area contributed by atoms with Crippen LogP contribution in [0.1, 0.15) is 37.1 Å². The monoisotopic (exact) mass is 270 g/mol. The predicted molar refractivity (Wildman–Crippen MR) is 76.0 cm³/mol. The summed E-state index contributed by atoms with van der Waals surface area (Å²) in [5.41, 5.74) is 1.83. The van der Waals surface area contributed by atoms with Gasteiger partial charge in [-0.15, -0.1) is 0 Å². The lowest BCUT2D eigenvalue weighted by molar-refractivity contribution is -0.120. The third-order valence-corrected chi connectivity index (χ3v) is 3.64. The lowest BCUT2D eigenvalue weighted by Gasteiger charge is -2.07. The first-order valence-corrected chi connectivity index (χ1v) is 6.93. The van der Waals surface area contributed by atoms with Gasteiger partial charge in [-0.2, -0.15) is 5.10 Å². The second-order valence-corrected chi connectivity index (χ2v) is 5.43. The minimum Gasteiger partial charge on any atom is -0.492 e. The van der Waals surface area contributed by atoms with Gasteiger partial charge in [-0.25, -0.2) is 0 Å². The molecule has 4 nitrogen and oxygen atoms in total. The van der Waals surface area contributed by atoms with Crippen LogP contribution in [0.15, 0.2) is 36.5 Å². The normalized spacial score (nSPS) is 17.1. The van der Waals surface area contributed by atoms with Crippen LogP contribution in [0.4, 0.5) is 0 Å². The maximum Gasteiger partial charge on any atom is 0.149 e. The van der Waals surface area contributed by atoms with Gasteiger partial charge in [0.1, 0.15) is 18.1 Å². The summed E-state index contributed by atoms with van der Waals surface area (Å²) >= 11 is 0. The third kappa shape index (κ3) is 2.33. The second kappa shape index (κ2) is 5.12. The zero-order valence-electron chi connectivity index (χ0n) is 11.7. The summed E-state index contributed by atoms with van der Waals surface area (Å²) in [5, 5.41) is 4.43. The molecule has 2 heterocycles. The van der Waals surface area contributed by atoms with Gasteiger partial charge >= 0.3 is 0 Å². The molecule has 0 saturated heterocycles. The van der Waals surface area contributed by atoms with Gasteiger partial charge in [0.05, 0.1) is 18.0 Å². The minimum atomic E-state index is -0.157. The molecule has 2 aromatic rings. The van der Waals surface area contributed by atoms with E-state index < -0.39 is 0 Å². The van der Waals surface area contributed by atoms with Crippen LogP contribution >= 0.6 is 0 Å². The number of Topliss-reactive ketones (excluding diaryl/α,β-unsaturated/α-hetero) is 1. The molecule has 0 spiro atoms. The number of carbonyl (C=O) groups excluding carboxylic acids is 1. The molecule has 0 amide bonds. The van der Waals surface area contributed by atoms with Crippen molar-refractivity contribution in [1.82, 2.24) is 9.78 Å². The van der Waals surface area contributed by atoms with Crippen molar-refractivity contribution in [3.05, 3.63) is 47.8 Å². The third-order valence-electron chi connectivity index (χ3n) is 3.64. The van der Waals surface area contributed by atoms with Crippen molar-refractivity contribution in [2.45, 2.75) is 32.2 Å². The molecule has 20 heavy (non-hydrogen) atoms. The van der Waals surface area contributed by atoms with Crippen LogP contribution < -0.4 is 4.74 Å². The van der Waals surface area contributed by atoms with E-state index in [0.29, 0.717) is 19.1 Å². The fraction of sp³-hybridized carbons (Fsp3) is 0.375. The van der Waals surface area contributed by atoms with Crippen LogP contribution in [0, 0.1) is 0 Å². The number of ether oxygens (including phenoxy) is 1. The summed E-state index contributed by atoms with van der Waals surface area (Å²) < 4.78 is 7.44. The maximum atomic E-state index is 12.4. The predicted octanol–water partition coefficient (Wildman–Crippen LogP) is 2.75. The number of hydrogen-bond donors (Lipinski definition) is 0. The highest BCUT2D eigenvalue weighted by Crippen LogP contribution is 2.34. The summed E-state index contributed by atoms with van der Waals surface area (Å²) in [4.78, 5) is 12.4. The number of aromatic nitrogens is 2. The summed E-state index contributed by atoms with van der Waals surface area (Å²) in [6.07, 6.45) is 2.29. The van der Waals surface area contributed by atoms with Gasteiger partial charge in [-0.05, 0) is 26.0 Å². The molecule has 3 rings (SSSR count). The average Bonchev–Trinajstić information content (AvgIpc) is 3.04. The fourth-order valence-corrected chi connectivity index (χ4v) is 2.49. The van der Waals surface area contributed by atoms with E-state index in [1.807, 2.05) is 41.2 Å². The van der Waals surface area contributed by atoms with Gasteiger partial charge in [0.2, 0.25) is 0 Å². The zero-order chi connectivity index (χ0) is 14.1. The Kier molecular flexibility index (Phi) is 3.30. The van der Waals surface area contributed by atoms with E-state index in [1.165, 1.54) is 0 Å². The molecule has 0 bridgehead atoms. The van der Waals surface area contributed by atoms with Gasteiger partial charge in [-0.1, -0.05) is 18.2 Å². The van der Waals surface area contributed by atoms with E-state index in [0.717, 1.165) is 17.0 Å². The number of nitrogens with zero attached hydrogens (tertiary/aromatic N) is 2. The zero-order valence-corrected chi connectivity index (χ0v) is 11.7. The topological polar surface area (TPSA) is 44.1 Å². The van der Waals surface area contributed by atoms with Crippen LogP contribution in [0.25, 0.3) is 0 Å². The Balaban J connectivity index is 1.74. The number of para-hydroxylation sites is 1. The lowest BCUT2D eigenvalue weighted by atomic mass is 9.94. The van der Waals surface area contributed by atoms with Crippen LogP contribution in [0.3, 0.4) is 0 Å². The second-order valence-electron chi connectivity index (χ2n) is 5.43. The van der Waals surface area contributed by atoms with Crippen molar-refractivity contribution in [2.24, 2.45) is 0 Å². The number of hydrogen-bond acceptors (Lipinski definition) is 3. The number of ketones is 1. The molecule has 4 heteroatoms. The van der Waals surface area contributed by atoms with Gasteiger partial charge in [0.15, 0.2) is 0 Å². The smallest absolute Gasteiger partial charge is 0.149 e. The number of fused-ring (bicyclic) bond motifs is 1. The van der Waals surface area contributed by atoms with E-state index in [4.69, 9.17) is 4.74 Å². The van der Waals surface area contributed by atoms with Crippen molar-refractivity contribution >= 4 is 5.78 Å². The number of benzene rings is 1. The summed E-state index contributed by atoms with van der Waals surface area (Å²) in [7, 11) is 0. The molecule has 1 aliphatic heterocycles. The molecular weight excluding hydrogens is 252 g/mol. The molecular formula is C16H18N2O2. The Bertz CT molecular complexity index is 631. The van der Waals surface area contributed by atoms with Gasteiger partial charge in [0.25, 0.3) is 0 Å². The van der Waals surface area contributed by atoms with E-state index in [-0.39, 0.29) is 11.7 Å². The molecule has 0 aliphatic carbocycles.